The lowest BCUT2D eigenvalue weighted by Crippen LogP contribution is -2.51. The fourth-order valence-electron chi connectivity index (χ4n) is 4.32. The summed E-state index contributed by atoms with van der Waals surface area (Å²) in [6.45, 7) is 3.39. The molecule has 1 aromatic carbocycles. The Labute approximate surface area is 174 Å². The number of amides is 2. The normalized spacial score (nSPS) is 21.9. The maximum atomic E-state index is 13.4. The quantitative estimate of drug-likeness (QED) is 0.790. The number of halogens is 1. The van der Waals surface area contributed by atoms with Crippen molar-refractivity contribution in [1.82, 2.24) is 15.1 Å². The van der Waals surface area contributed by atoms with Gasteiger partial charge in [-0.25, -0.2) is 0 Å². The van der Waals surface area contributed by atoms with Gasteiger partial charge in [-0.05, 0) is 56.6 Å². The van der Waals surface area contributed by atoms with Crippen molar-refractivity contribution in [2.75, 3.05) is 26.2 Å². The fraction of sp³-hybridized carbons (Fsp3) is 0.636. The number of carbonyl (C=O) groups is 2. The van der Waals surface area contributed by atoms with Crippen LogP contribution in [0.5, 0.6) is 0 Å². The average molecular weight is 406 g/mol. The highest BCUT2D eigenvalue weighted by Crippen LogP contribution is 2.30. The molecule has 2 heterocycles. The van der Waals surface area contributed by atoms with Gasteiger partial charge in [0.25, 0.3) is 0 Å². The Kier molecular flexibility index (Phi) is 7.36. The molecular formula is C22H32ClN3O2. The van der Waals surface area contributed by atoms with E-state index in [4.69, 9.17) is 0 Å². The van der Waals surface area contributed by atoms with Crippen LogP contribution in [0.1, 0.15) is 56.6 Å². The average Bonchev–Trinajstić information content (AvgIpc) is 3.54. The van der Waals surface area contributed by atoms with Crippen molar-refractivity contribution in [3.05, 3.63) is 35.9 Å². The van der Waals surface area contributed by atoms with E-state index in [2.05, 4.69) is 5.32 Å². The van der Waals surface area contributed by atoms with Gasteiger partial charge in [-0.15, -0.1) is 12.4 Å². The Morgan fingerprint density at radius 1 is 1.04 bits per heavy atom. The molecule has 1 N–H and O–H groups in total. The lowest BCUT2D eigenvalue weighted by molar-refractivity contribution is -0.148. The molecule has 2 saturated heterocycles. The summed E-state index contributed by atoms with van der Waals surface area (Å²) < 4.78 is 0. The summed E-state index contributed by atoms with van der Waals surface area (Å²) in [6, 6.07) is 9.90. The Balaban J connectivity index is 0.00000225. The highest BCUT2D eigenvalue weighted by molar-refractivity contribution is 5.89. The zero-order valence-corrected chi connectivity index (χ0v) is 17.3. The second-order valence-corrected chi connectivity index (χ2v) is 8.31. The van der Waals surface area contributed by atoms with Gasteiger partial charge >= 0.3 is 0 Å². The molecule has 0 aromatic heterocycles. The summed E-state index contributed by atoms with van der Waals surface area (Å²) in [7, 11) is 0. The van der Waals surface area contributed by atoms with E-state index in [0.717, 1.165) is 56.8 Å². The standard InChI is InChI=1S/C22H31N3O2.ClH/c26-20-8-4-5-13-25(20)21(18-6-2-1-3-7-18)22(27)24-14-11-19(12-15-24)23-16-17-9-10-17;/h1-3,6-7,17,19,21,23H,4-5,8-16H2;1H. The third-order valence-corrected chi connectivity index (χ3v) is 6.22. The summed E-state index contributed by atoms with van der Waals surface area (Å²) in [6.07, 6.45) is 7.23. The van der Waals surface area contributed by atoms with Crippen LogP contribution in [-0.4, -0.2) is 53.8 Å². The van der Waals surface area contributed by atoms with E-state index in [-0.39, 0.29) is 24.2 Å². The van der Waals surface area contributed by atoms with E-state index in [9.17, 15) is 9.59 Å². The molecule has 0 spiro atoms. The van der Waals surface area contributed by atoms with Crippen LogP contribution in [0.25, 0.3) is 0 Å². The molecule has 1 aromatic rings. The minimum absolute atomic E-state index is 0. The summed E-state index contributed by atoms with van der Waals surface area (Å²) >= 11 is 0. The van der Waals surface area contributed by atoms with Gasteiger partial charge in [0.05, 0.1) is 0 Å². The molecule has 0 bridgehead atoms. The smallest absolute Gasteiger partial charge is 0.250 e. The van der Waals surface area contributed by atoms with Crippen LogP contribution in [0.4, 0.5) is 0 Å². The predicted octanol–water partition coefficient (Wildman–Crippen LogP) is 3.15. The summed E-state index contributed by atoms with van der Waals surface area (Å²) in [5, 5.41) is 3.67. The van der Waals surface area contributed by atoms with Gasteiger partial charge in [0.2, 0.25) is 11.8 Å². The molecule has 2 amide bonds. The zero-order chi connectivity index (χ0) is 18.6. The molecule has 3 aliphatic rings. The number of carbonyl (C=O) groups excluding carboxylic acids is 2. The third kappa shape index (κ3) is 5.06. The van der Waals surface area contributed by atoms with Crippen molar-refractivity contribution >= 4 is 24.2 Å². The van der Waals surface area contributed by atoms with Gasteiger partial charge < -0.3 is 15.1 Å². The molecule has 4 rings (SSSR count). The zero-order valence-electron chi connectivity index (χ0n) is 16.5. The molecule has 1 saturated carbocycles. The molecule has 1 atom stereocenters. The van der Waals surface area contributed by atoms with Crippen molar-refractivity contribution in [3.63, 3.8) is 0 Å². The highest BCUT2D eigenvalue weighted by Gasteiger charge is 2.36. The first-order chi connectivity index (χ1) is 13.2. The van der Waals surface area contributed by atoms with E-state index >= 15 is 0 Å². The fourth-order valence-corrected chi connectivity index (χ4v) is 4.32. The predicted molar refractivity (Wildman–Crippen MR) is 112 cm³/mol. The number of likely N-dealkylation sites (tertiary alicyclic amines) is 2. The van der Waals surface area contributed by atoms with Gasteiger partial charge in [-0.2, -0.15) is 0 Å². The lowest BCUT2D eigenvalue weighted by atomic mass is 9.98. The Bertz CT molecular complexity index is 657. The summed E-state index contributed by atoms with van der Waals surface area (Å²) in [5.74, 6) is 1.10. The van der Waals surface area contributed by atoms with Crippen molar-refractivity contribution in [2.24, 2.45) is 5.92 Å². The minimum atomic E-state index is -0.463. The van der Waals surface area contributed by atoms with Crippen LogP contribution in [0.2, 0.25) is 0 Å². The molecule has 154 valence electrons. The van der Waals surface area contributed by atoms with Crippen LogP contribution in [0.15, 0.2) is 30.3 Å². The number of hydrogen-bond acceptors (Lipinski definition) is 3. The largest absolute Gasteiger partial charge is 0.340 e. The van der Waals surface area contributed by atoms with E-state index in [1.54, 1.807) is 0 Å². The summed E-state index contributed by atoms with van der Waals surface area (Å²) in [4.78, 5) is 29.8. The highest BCUT2D eigenvalue weighted by atomic mass is 35.5. The molecular weight excluding hydrogens is 374 g/mol. The second kappa shape index (κ2) is 9.75. The topological polar surface area (TPSA) is 52.7 Å². The number of piperidine rings is 2. The second-order valence-electron chi connectivity index (χ2n) is 8.31. The van der Waals surface area contributed by atoms with Crippen molar-refractivity contribution < 1.29 is 9.59 Å². The molecule has 3 fully saturated rings. The Morgan fingerprint density at radius 3 is 2.39 bits per heavy atom. The Morgan fingerprint density at radius 2 is 1.75 bits per heavy atom. The molecule has 1 aliphatic carbocycles. The lowest BCUT2D eigenvalue weighted by Gasteiger charge is -2.39. The maximum Gasteiger partial charge on any atom is 0.250 e. The number of benzene rings is 1. The van der Waals surface area contributed by atoms with Crippen LogP contribution >= 0.6 is 12.4 Å². The molecule has 6 heteroatoms. The van der Waals surface area contributed by atoms with Gasteiger partial charge in [-0.3, -0.25) is 9.59 Å². The van der Waals surface area contributed by atoms with E-state index in [1.165, 1.54) is 12.8 Å². The van der Waals surface area contributed by atoms with E-state index in [1.807, 2.05) is 40.1 Å². The van der Waals surface area contributed by atoms with Gasteiger partial charge in [0, 0.05) is 32.1 Å². The monoisotopic (exact) mass is 405 g/mol. The van der Waals surface area contributed by atoms with Crippen LogP contribution in [-0.2, 0) is 9.59 Å². The molecule has 0 radical (unpaired) electrons. The molecule has 5 nitrogen and oxygen atoms in total. The number of rotatable bonds is 6. The third-order valence-electron chi connectivity index (χ3n) is 6.22. The number of hydrogen-bond donors (Lipinski definition) is 1. The van der Waals surface area contributed by atoms with Gasteiger partial charge in [0.15, 0.2) is 0 Å². The Hall–Kier alpha value is -1.59. The molecule has 2 aliphatic heterocycles. The minimum Gasteiger partial charge on any atom is -0.340 e. The van der Waals surface area contributed by atoms with Gasteiger partial charge in [0.1, 0.15) is 6.04 Å². The van der Waals surface area contributed by atoms with E-state index in [0.29, 0.717) is 19.0 Å². The molecule has 28 heavy (non-hydrogen) atoms. The SMILES string of the molecule is Cl.O=C(C(c1ccccc1)N1CCCCC1=O)N1CCC(NCC2CC2)CC1. The molecule has 1 unspecified atom stereocenters. The first-order valence-electron chi connectivity index (χ1n) is 10.6. The van der Waals surface area contributed by atoms with Crippen molar-refractivity contribution in [3.8, 4) is 0 Å². The van der Waals surface area contributed by atoms with Crippen LogP contribution < -0.4 is 5.32 Å². The first-order valence-corrected chi connectivity index (χ1v) is 10.6. The van der Waals surface area contributed by atoms with Crippen LogP contribution in [0, 0.1) is 5.92 Å². The van der Waals surface area contributed by atoms with E-state index < -0.39 is 6.04 Å². The van der Waals surface area contributed by atoms with Crippen LogP contribution in [0.3, 0.4) is 0 Å². The van der Waals surface area contributed by atoms with Gasteiger partial charge in [-0.1, -0.05) is 30.3 Å². The number of nitrogens with zero attached hydrogens (tertiary/aromatic N) is 2. The first kappa shape index (κ1) is 21.1. The summed E-state index contributed by atoms with van der Waals surface area (Å²) in [5.41, 5.74) is 0.937. The number of nitrogens with one attached hydrogen (secondary N) is 1. The van der Waals surface area contributed by atoms with Crippen molar-refractivity contribution in [1.29, 1.82) is 0 Å². The van der Waals surface area contributed by atoms with Crippen molar-refractivity contribution in [2.45, 2.75) is 57.0 Å². The maximum absolute atomic E-state index is 13.4.